The molecule has 0 unspecified atom stereocenters. The molecule has 3 rings (SSSR count). The van der Waals surface area contributed by atoms with Gasteiger partial charge in [-0.2, -0.15) is 10.2 Å². The highest BCUT2D eigenvalue weighted by Gasteiger charge is 2.10. The van der Waals surface area contributed by atoms with Crippen LogP contribution in [0.25, 0.3) is 0 Å². The lowest BCUT2D eigenvalue weighted by molar-refractivity contribution is -0.116. The van der Waals surface area contributed by atoms with Gasteiger partial charge in [0.25, 0.3) is 0 Å². The fourth-order valence-electron chi connectivity index (χ4n) is 2.39. The number of benzene rings is 1. The second-order valence-corrected chi connectivity index (χ2v) is 6.94. The average Bonchev–Trinajstić information content (AvgIpc) is 3.16. The van der Waals surface area contributed by atoms with Crippen molar-refractivity contribution in [3.63, 3.8) is 0 Å². The van der Waals surface area contributed by atoms with Gasteiger partial charge < -0.3 is 5.32 Å². The van der Waals surface area contributed by atoms with Crippen molar-refractivity contribution in [1.29, 1.82) is 0 Å². The Bertz CT molecular complexity index is 895. The molecule has 2 aromatic heterocycles. The number of carbonyl (C=O) groups is 1. The van der Waals surface area contributed by atoms with Crippen molar-refractivity contribution >= 4 is 46.5 Å². The second kappa shape index (κ2) is 8.12. The van der Waals surface area contributed by atoms with Crippen LogP contribution in [-0.4, -0.2) is 25.5 Å². The van der Waals surface area contributed by atoms with Crippen LogP contribution in [0.2, 0.25) is 15.1 Å². The van der Waals surface area contributed by atoms with E-state index in [1.165, 1.54) is 0 Å². The molecular weight excluding hydrogens is 397 g/mol. The van der Waals surface area contributed by atoms with Crippen LogP contribution in [0.15, 0.2) is 36.7 Å². The van der Waals surface area contributed by atoms with Crippen molar-refractivity contribution in [3.05, 3.63) is 63.0 Å². The van der Waals surface area contributed by atoms with Crippen molar-refractivity contribution in [3.8, 4) is 0 Å². The highest BCUT2D eigenvalue weighted by Crippen LogP contribution is 2.25. The van der Waals surface area contributed by atoms with E-state index in [9.17, 15) is 4.79 Å². The number of rotatable bonds is 6. The first-order valence-electron chi connectivity index (χ1n) is 7.88. The van der Waals surface area contributed by atoms with E-state index in [1.807, 2.05) is 6.92 Å². The summed E-state index contributed by atoms with van der Waals surface area (Å²) in [4.78, 5) is 12.1. The summed E-state index contributed by atoms with van der Waals surface area (Å²) in [5.74, 6) is 0.308. The number of carbonyl (C=O) groups excluding carboxylic acids is 1. The van der Waals surface area contributed by atoms with E-state index in [0.29, 0.717) is 34.0 Å². The van der Waals surface area contributed by atoms with E-state index in [0.717, 1.165) is 11.3 Å². The highest BCUT2D eigenvalue weighted by molar-refractivity contribution is 6.36. The predicted molar refractivity (Wildman–Crippen MR) is 103 cm³/mol. The number of amides is 1. The first-order chi connectivity index (χ1) is 12.4. The van der Waals surface area contributed by atoms with Gasteiger partial charge in [-0.3, -0.25) is 14.2 Å². The van der Waals surface area contributed by atoms with E-state index < -0.39 is 0 Å². The summed E-state index contributed by atoms with van der Waals surface area (Å²) in [6, 6.07) is 7.06. The lowest BCUT2D eigenvalue weighted by Crippen LogP contribution is -2.15. The molecule has 0 fully saturated rings. The lowest BCUT2D eigenvalue weighted by Gasteiger charge is -2.07. The van der Waals surface area contributed by atoms with E-state index in [-0.39, 0.29) is 12.3 Å². The van der Waals surface area contributed by atoms with Crippen molar-refractivity contribution in [2.24, 2.45) is 0 Å². The maximum atomic E-state index is 12.1. The summed E-state index contributed by atoms with van der Waals surface area (Å²) in [5.41, 5.74) is 1.52. The highest BCUT2D eigenvalue weighted by atomic mass is 35.5. The first kappa shape index (κ1) is 18.8. The fraction of sp³-hybridized carbons (Fsp3) is 0.235. The van der Waals surface area contributed by atoms with Crippen LogP contribution in [0.5, 0.6) is 0 Å². The molecule has 2 heterocycles. The minimum Gasteiger partial charge on any atom is -0.309 e. The van der Waals surface area contributed by atoms with Gasteiger partial charge in [0.05, 0.1) is 17.3 Å². The van der Waals surface area contributed by atoms with Crippen LogP contribution in [0.1, 0.15) is 17.7 Å². The van der Waals surface area contributed by atoms with Crippen molar-refractivity contribution in [2.75, 3.05) is 5.32 Å². The van der Waals surface area contributed by atoms with Gasteiger partial charge in [-0.1, -0.05) is 40.9 Å². The molecule has 0 aliphatic carbocycles. The molecule has 0 aliphatic rings. The minimum atomic E-state index is -0.157. The minimum absolute atomic E-state index is 0.157. The standard InChI is InChI=1S/C17H16Cl3N5O/c1-11-15(20)10-25(22-11)8-6-17(26)21-16-5-7-24(23-16)9-12-13(18)3-2-4-14(12)19/h2-5,7,10H,6,8-9H2,1H3,(H,21,23,26). The second-order valence-electron chi connectivity index (χ2n) is 5.72. The molecule has 0 atom stereocenters. The maximum absolute atomic E-state index is 12.1. The van der Waals surface area contributed by atoms with E-state index in [2.05, 4.69) is 15.5 Å². The number of aryl methyl sites for hydroxylation is 2. The monoisotopic (exact) mass is 411 g/mol. The zero-order valence-electron chi connectivity index (χ0n) is 13.9. The van der Waals surface area contributed by atoms with Gasteiger partial charge >= 0.3 is 0 Å². The van der Waals surface area contributed by atoms with E-state index >= 15 is 0 Å². The number of aromatic nitrogens is 4. The molecule has 0 saturated carbocycles. The zero-order valence-corrected chi connectivity index (χ0v) is 16.2. The number of halogens is 3. The van der Waals surface area contributed by atoms with Crippen LogP contribution in [0.4, 0.5) is 5.82 Å². The molecule has 3 aromatic rings. The van der Waals surface area contributed by atoms with Gasteiger partial charge in [0.1, 0.15) is 0 Å². The lowest BCUT2D eigenvalue weighted by atomic mass is 10.2. The molecule has 1 amide bonds. The molecule has 136 valence electrons. The smallest absolute Gasteiger partial charge is 0.227 e. The van der Waals surface area contributed by atoms with Gasteiger partial charge in [0, 0.05) is 47.0 Å². The number of anilines is 1. The van der Waals surface area contributed by atoms with Crippen molar-refractivity contribution in [2.45, 2.75) is 26.4 Å². The Morgan fingerprint density at radius 1 is 1.08 bits per heavy atom. The molecular formula is C17H16Cl3N5O. The van der Waals surface area contributed by atoms with Crippen LogP contribution in [-0.2, 0) is 17.9 Å². The van der Waals surface area contributed by atoms with Crippen LogP contribution < -0.4 is 5.32 Å². The first-order valence-corrected chi connectivity index (χ1v) is 9.01. The van der Waals surface area contributed by atoms with E-state index in [1.54, 1.807) is 46.0 Å². The maximum Gasteiger partial charge on any atom is 0.227 e. The van der Waals surface area contributed by atoms with Gasteiger partial charge in [-0.05, 0) is 19.1 Å². The van der Waals surface area contributed by atoms with Crippen LogP contribution in [0, 0.1) is 6.92 Å². The summed E-state index contributed by atoms with van der Waals surface area (Å²) >= 11 is 18.3. The van der Waals surface area contributed by atoms with Gasteiger partial charge in [-0.15, -0.1) is 0 Å². The molecule has 1 aromatic carbocycles. The Hall–Kier alpha value is -2.02. The van der Waals surface area contributed by atoms with Gasteiger partial charge in [0.2, 0.25) is 5.91 Å². The van der Waals surface area contributed by atoms with Gasteiger partial charge in [-0.25, -0.2) is 0 Å². The van der Waals surface area contributed by atoms with E-state index in [4.69, 9.17) is 34.8 Å². The Kier molecular flexibility index (Phi) is 5.86. The Balaban J connectivity index is 1.57. The number of nitrogens with zero attached hydrogens (tertiary/aromatic N) is 4. The van der Waals surface area contributed by atoms with Gasteiger partial charge in [0.15, 0.2) is 5.82 Å². The van der Waals surface area contributed by atoms with Crippen molar-refractivity contribution < 1.29 is 4.79 Å². The molecule has 1 N–H and O–H groups in total. The quantitative estimate of drug-likeness (QED) is 0.651. The summed E-state index contributed by atoms with van der Waals surface area (Å²) in [7, 11) is 0. The Labute approximate surface area is 165 Å². The summed E-state index contributed by atoms with van der Waals surface area (Å²) in [6.07, 6.45) is 3.72. The molecule has 6 nitrogen and oxygen atoms in total. The Morgan fingerprint density at radius 3 is 2.46 bits per heavy atom. The van der Waals surface area contributed by atoms with Crippen LogP contribution in [0.3, 0.4) is 0 Å². The van der Waals surface area contributed by atoms with Crippen molar-refractivity contribution in [1.82, 2.24) is 19.6 Å². The Morgan fingerprint density at radius 2 is 1.81 bits per heavy atom. The topological polar surface area (TPSA) is 64.7 Å². The fourth-order valence-corrected chi connectivity index (χ4v) is 3.06. The number of hydrogen-bond donors (Lipinski definition) is 1. The molecule has 9 heteroatoms. The molecule has 0 saturated heterocycles. The number of hydrogen-bond acceptors (Lipinski definition) is 3. The third kappa shape index (κ3) is 4.58. The van der Waals surface area contributed by atoms with Crippen LogP contribution >= 0.6 is 34.8 Å². The SMILES string of the molecule is Cc1nn(CCC(=O)Nc2ccn(Cc3c(Cl)cccc3Cl)n2)cc1Cl. The molecule has 0 spiro atoms. The number of nitrogens with one attached hydrogen (secondary N) is 1. The summed E-state index contributed by atoms with van der Waals surface area (Å²) < 4.78 is 3.31. The molecule has 0 bridgehead atoms. The average molecular weight is 413 g/mol. The third-order valence-electron chi connectivity index (χ3n) is 3.74. The largest absolute Gasteiger partial charge is 0.309 e. The predicted octanol–water partition coefficient (Wildman–Crippen LogP) is 4.43. The molecule has 26 heavy (non-hydrogen) atoms. The summed E-state index contributed by atoms with van der Waals surface area (Å²) in [5, 5.41) is 13.0. The molecule has 0 radical (unpaired) electrons. The summed E-state index contributed by atoms with van der Waals surface area (Å²) in [6.45, 7) is 2.67. The molecule has 0 aliphatic heterocycles. The third-order valence-corrected chi connectivity index (χ3v) is 4.82. The normalized spacial score (nSPS) is 10.9. The zero-order chi connectivity index (χ0) is 18.7.